The number of anilines is 1. The minimum absolute atomic E-state index is 0.0280. The van der Waals surface area contributed by atoms with E-state index in [-0.39, 0.29) is 34.8 Å². The number of benzene rings is 3. The van der Waals surface area contributed by atoms with E-state index in [1.165, 1.54) is 37.3 Å². The largest absolute Gasteiger partial charge is 0.493 e. The Morgan fingerprint density at radius 3 is 2.16 bits per heavy atom. The molecule has 0 spiro atoms. The fourth-order valence-corrected chi connectivity index (χ4v) is 7.12. The lowest BCUT2D eigenvalue weighted by Crippen LogP contribution is -2.52. The van der Waals surface area contributed by atoms with Gasteiger partial charge in [-0.1, -0.05) is 59.8 Å². The number of nitrogens with zero attached hydrogens (tertiary/aromatic N) is 2. The quantitative estimate of drug-likeness (QED) is 0.256. The Labute approximate surface area is 269 Å². The Bertz CT molecular complexity index is 1570. The molecule has 1 aliphatic carbocycles. The number of nitrogens with one attached hydrogen (secondary N) is 1. The molecule has 0 heterocycles. The molecule has 2 amide bonds. The van der Waals surface area contributed by atoms with E-state index < -0.39 is 28.5 Å². The third-order valence-electron chi connectivity index (χ3n) is 7.80. The minimum Gasteiger partial charge on any atom is -0.493 e. The second-order valence-electron chi connectivity index (χ2n) is 10.8. The molecular formula is C32H37Cl2N3O6S. The van der Waals surface area contributed by atoms with Crippen molar-refractivity contribution >= 4 is 50.7 Å². The van der Waals surface area contributed by atoms with Crippen LogP contribution in [0.1, 0.15) is 43.7 Å². The highest BCUT2D eigenvalue weighted by molar-refractivity contribution is 7.92. The van der Waals surface area contributed by atoms with Crippen LogP contribution in [-0.4, -0.2) is 58.0 Å². The Hall–Kier alpha value is -3.47. The minimum atomic E-state index is -4.31. The van der Waals surface area contributed by atoms with E-state index in [1.807, 2.05) is 6.92 Å². The molecule has 1 saturated carbocycles. The van der Waals surface area contributed by atoms with Gasteiger partial charge in [0.15, 0.2) is 11.5 Å². The summed E-state index contributed by atoms with van der Waals surface area (Å²) in [6, 6.07) is 15.1. The van der Waals surface area contributed by atoms with Crippen LogP contribution in [0.5, 0.6) is 11.5 Å². The summed E-state index contributed by atoms with van der Waals surface area (Å²) >= 11 is 12.9. The molecule has 0 saturated heterocycles. The first-order valence-electron chi connectivity index (χ1n) is 14.3. The maximum atomic E-state index is 14.2. The molecule has 3 aromatic carbocycles. The Morgan fingerprint density at radius 2 is 1.57 bits per heavy atom. The van der Waals surface area contributed by atoms with Gasteiger partial charge in [0.1, 0.15) is 12.6 Å². The molecule has 12 heteroatoms. The van der Waals surface area contributed by atoms with Crippen molar-refractivity contribution < 1.29 is 27.5 Å². The summed E-state index contributed by atoms with van der Waals surface area (Å²) in [6.07, 6.45) is 3.79. The summed E-state index contributed by atoms with van der Waals surface area (Å²) in [4.78, 5) is 28.9. The Morgan fingerprint density at radius 1 is 0.955 bits per heavy atom. The number of rotatable bonds is 12. The van der Waals surface area contributed by atoms with Gasteiger partial charge in [0.25, 0.3) is 10.0 Å². The number of carbonyl (C=O) groups is 2. The highest BCUT2D eigenvalue weighted by Crippen LogP contribution is 2.33. The van der Waals surface area contributed by atoms with Gasteiger partial charge in [0, 0.05) is 34.3 Å². The maximum absolute atomic E-state index is 14.2. The van der Waals surface area contributed by atoms with Crippen LogP contribution in [0, 0.1) is 6.92 Å². The number of aryl methyl sites for hydroxylation is 1. The van der Waals surface area contributed by atoms with Gasteiger partial charge in [-0.2, -0.15) is 0 Å². The molecule has 0 aromatic heterocycles. The zero-order valence-corrected chi connectivity index (χ0v) is 27.5. The number of sulfonamides is 1. The van der Waals surface area contributed by atoms with Crippen LogP contribution in [0.15, 0.2) is 65.6 Å². The van der Waals surface area contributed by atoms with Crippen LogP contribution in [-0.2, 0) is 26.2 Å². The van der Waals surface area contributed by atoms with Crippen molar-refractivity contribution in [2.45, 2.75) is 63.1 Å². The van der Waals surface area contributed by atoms with E-state index in [1.54, 1.807) is 49.4 Å². The van der Waals surface area contributed by atoms with Gasteiger partial charge in [-0.25, -0.2) is 8.42 Å². The number of methoxy groups -OCH3 is 2. The van der Waals surface area contributed by atoms with E-state index in [9.17, 15) is 18.0 Å². The fourth-order valence-electron chi connectivity index (χ4n) is 5.17. The Kier molecular flexibility index (Phi) is 11.0. The number of ether oxygens (including phenoxy) is 2. The standard InChI is InChI=1S/C32H37Cl2N3O6S/c1-21-12-14-24(15-13-21)37(44(40,41)25-16-17-29(42-3)30(18-25)43-4)20-31(38)36(19-26-27(33)10-7-11-28(26)34)22(2)32(39)35-23-8-5-6-9-23/h7,10-18,22-23H,5-6,8-9,19-20H2,1-4H3,(H,35,39). The van der Waals surface area contributed by atoms with Crippen LogP contribution in [0.3, 0.4) is 0 Å². The van der Waals surface area contributed by atoms with Gasteiger partial charge >= 0.3 is 0 Å². The molecule has 236 valence electrons. The monoisotopic (exact) mass is 661 g/mol. The predicted molar refractivity (Wildman–Crippen MR) is 172 cm³/mol. The lowest BCUT2D eigenvalue weighted by molar-refractivity contribution is -0.139. The van der Waals surface area contributed by atoms with Crippen LogP contribution >= 0.6 is 23.2 Å². The van der Waals surface area contributed by atoms with E-state index in [0.717, 1.165) is 35.6 Å². The summed E-state index contributed by atoms with van der Waals surface area (Å²) in [5.41, 5.74) is 1.64. The third-order valence-corrected chi connectivity index (χ3v) is 10.3. The topological polar surface area (TPSA) is 105 Å². The predicted octanol–water partition coefficient (Wildman–Crippen LogP) is 5.99. The first-order chi connectivity index (χ1) is 21.0. The summed E-state index contributed by atoms with van der Waals surface area (Å²) in [6.45, 7) is 2.80. The van der Waals surface area contributed by atoms with Crippen molar-refractivity contribution in [1.82, 2.24) is 10.2 Å². The molecule has 44 heavy (non-hydrogen) atoms. The van der Waals surface area contributed by atoms with Gasteiger partial charge < -0.3 is 19.7 Å². The molecule has 3 aromatic rings. The lowest BCUT2D eigenvalue weighted by Gasteiger charge is -2.33. The molecule has 1 unspecified atom stereocenters. The molecule has 0 radical (unpaired) electrons. The Balaban J connectivity index is 1.74. The highest BCUT2D eigenvalue weighted by atomic mass is 35.5. The highest BCUT2D eigenvalue weighted by Gasteiger charge is 2.34. The summed E-state index contributed by atoms with van der Waals surface area (Å²) in [5, 5.41) is 3.70. The molecule has 1 fully saturated rings. The van der Waals surface area contributed by atoms with Gasteiger partial charge in [-0.05, 0) is 63.1 Å². The first-order valence-corrected chi connectivity index (χ1v) is 16.5. The van der Waals surface area contributed by atoms with Gasteiger partial charge in [-0.15, -0.1) is 0 Å². The summed E-state index contributed by atoms with van der Waals surface area (Å²) in [7, 11) is -1.45. The van der Waals surface area contributed by atoms with E-state index in [0.29, 0.717) is 21.4 Å². The van der Waals surface area contributed by atoms with Crippen molar-refractivity contribution in [2.75, 3.05) is 25.1 Å². The second-order valence-corrected chi connectivity index (χ2v) is 13.4. The van der Waals surface area contributed by atoms with Gasteiger partial charge in [0.05, 0.1) is 24.8 Å². The van der Waals surface area contributed by atoms with Crippen molar-refractivity contribution in [1.29, 1.82) is 0 Å². The van der Waals surface area contributed by atoms with Gasteiger partial charge in [0.2, 0.25) is 11.8 Å². The molecular weight excluding hydrogens is 625 g/mol. The third kappa shape index (κ3) is 7.60. The SMILES string of the molecule is COc1ccc(S(=O)(=O)N(CC(=O)N(Cc2c(Cl)cccc2Cl)C(C)C(=O)NC2CCCC2)c2ccc(C)cc2)cc1OC. The first kappa shape index (κ1) is 33.4. The smallest absolute Gasteiger partial charge is 0.264 e. The van der Waals surface area contributed by atoms with Gasteiger partial charge in [-0.3, -0.25) is 13.9 Å². The van der Waals surface area contributed by atoms with Crippen LogP contribution < -0.4 is 19.1 Å². The fraction of sp³-hybridized carbons (Fsp3) is 0.375. The number of carbonyl (C=O) groups excluding carboxylic acids is 2. The maximum Gasteiger partial charge on any atom is 0.264 e. The zero-order valence-electron chi connectivity index (χ0n) is 25.2. The molecule has 0 aliphatic heterocycles. The van der Waals surface area contributed by atoms with Crippen molar-refractivity contribution in [3.8, 4) is 11.5 Å². The number of amides is 2. The zero-order chi connectivity index (χ0) is 32.0. The summed E-state index contributed by atoms with van der Waals surface area (Å²) in [5.74, 6) is -0.372. The molecule has 0 bridgehead atoms. The van der Waals surface area contributed by atoms with Crippen LogP contribution in [0.4, 0.5) is 5.69 Å². The molecule has 9 nitrogen and oxygen atoms in total. The number of hydrogen-bond donors (Lipinski definition) is 1. The average molecular weight is 663 g/mol. The number of hydrogen-bond acceptors (Lipinski definition) is 6. The van der Waals surface area contributed by atoms with E-state index in [4.69, 9.17) is 32.7 Å². The van der Waals surface area contributed by atoms with E-state index in [2.05, 4.69) is 5.32 Å². The summed E-state index contributed by atoms with van der Waals surface area (Å²) < 4.78 is 40.0. The molecule has 1 N–H and O–H groups in total. The van der Waals surface area contributed by atoms with Crippen molar-refractivity contribution in [3.05, 3.63) is 81.8 Å². The second kappa shape index (κ2) is 14.5. The molecule has 1 atom stereocenters. The van der Waals surface area contributed by atoms with Crippen LogP contribution in [0.2, 0.25) is 10.0 Å². The average Bonchev–Trinajstić information content (AvgIpc) is 3.52. The van der Waals surface area contributed by atoms with Crippen molar-refractivity contribution in [3.63, 3.8) is 0 Å². The molecule has 1 aliphatic rings. The van der Waals surface area contributed by atoms with E-state index >= 15 is 0 Å². The number of halogens is 2. The lowest BCUT2D eigenvalue weighted by atomic mass is 10.1. The van der Waals surface area contributed by atoms with Crippen LogP contribution in [0.25, 0.3) is 0 Å². The van der Waals surface area contributed by atoms with Crippen molar-refractivity contribution in [2.24, 2.45) is 0 Å². The normalized spacial score (nSPS) is 14.1. The molecule has 4 rings (SSSR count).